The van der Waals surface area contributed by atoms with E-state index in [2.05, 4.69) is 86.8 Å². The molecule has 70 heavy (non-hydrogen) atoms. The summed E-state index contributed by atoms with van der Waals surface area (Å²) in [4.78, 5) is 26.3. The number of rotatable bonds is 45. The fraction of sp³-hybridized carbons (Fsp3) is 0.729. The van der Waals surface area contributed by atoms with Crippen LogP contribution in [0.1, 0.15) is 213 Å². The van der Waals surface area contributed by atoms with E-state index < -0.39 is 67.4 Å². The zero-order valence-corrected chi connectivity index (χ0v) is 44.1. The highest BCUT2D eigenvalue weighted by atomic mass is 16.7. The molecule has 11 nitrogen and oxygen atoms in total. The average molecular weight is 984 g/mol. The lowest BCUT2D eigenvalue weighted by molar-refractivity contribution is -0.305. The number of nitrogens with one attached hydrogen (secondary N) is 1. The van der Waals surface area contributed by atoms with Crippen molar-refractivity contribution in [2.75, 3.05) is 13.2 Å². The molecule has 0 radical (unpaired) electrons. The predicted octanol–water partition coefficient (Wildman–Crippen LogP) is 12.2. The van der Waals surface area contributed by atoms with Gasteiger partial charge < -0.3 is 45.1 Å². The molecule has 6 N–H and O–H groups in total. The Hall–Kier alpha value is -3.16. The number of unbranched alkanes of at least 4 members (excludes halogenated alkanes) is 19. The van der Waals surface area contributed by atoms with Gasteiger partial charge in [-0.1, -0.05) is 228 Å². The van der Waals surface area contributed by atoms with Crippen molar-refractivity contribution < 1.29 is 49.3 Å². The van der Waals surface area contributed by atoms with Crippen LogP contribution in [0.4, 0.5) is 0 Å². The highest BCUT2D eigenvalue weighted by molar-refractivity contribution is 5.80. The molecule has 0 aromatic rings. The van der Waals surface area contributed by atoms with E-state index in [4.69, 9.17) is 14.2 Å². The van der Waals surface area contributed by atoms with Gasteiger partial charge in [-0.25, -0.2) is 0 Å². The highest BCUT2D eigenvalue weighted by Crippen LogP contribution is 2.26. The Kier molecular flexibility index (Phi) is 43.4. The van der Waals surface area contributed by atoms with Crippen molar-refractivity contribution in [3.63, 3.8) is 0 Å². The Morgan fingerprint density at radius 2 is 1.03 bits per heavy atom. The second kappa shape index (κ2) is 46.9. The molecule has 11 heteroatoms. The van der Waals surface area contributed by atoms with E-state index in [1.54, 1.807) is 6.08 Å². The third kappa shape index (κ3) is 35.0. The van der Waals surface area contributed by atoms with Crippen molar-refractivity contribution in [3.05, 3.63) is 85.1 Å². The second-order valence-corrected chi connectivity index (χ2v) is 18.9. The molecule has 0 saturated carbocycles. The first-order valence-corrected chi connectivity index (χ1v) is 27.9. The molecule has 0 aliphatic carbocycles. The lowest BCUT2D eigenvalue weighted by Crippen LogP contribution is -2.61. The van der Waals surface area contributed by atoms with Gasteiger partial charge in [0.05, 0.1) is 25.4 Å². The van der Waals surface area contributed by atoms with Gasteiger partial charge in [0.1, 0.15) is 24.4 Å². The van der Waals surface area contributed by atoms with Crippen LogP contribution in [0.5, 0.6) is 0 Å². The SMILES string of the molecule is CC/C=C\C/C=C\C/C=C\C/C=C\C/C=C\C/C=C\CCC(=O)OC1C(OCC(NC(=O)C(O)CCCCCCCCCCCC)C(O)/C=C/CCCCCCCCCCCC)OC(CO)C(O)C1O. The van der Waals surface area contributed by atoms with E-state index in [0.29, 0.717) is 19.3 Å². The summed E-state index contributed by atoms with van der Waals surface area (Å²) in [7, 11) is 0. The van der Waals surface area contributed by atoms with Gasteiger partial charge in [0, 0.05) is 6.42 Å². The molecule has 402 valence electrons. The molecule has 1 aliphatic heterocycles. The molecule has 1 heterocycles. The summed E-state index contributed by atoms with van der Waals surface area (Å²) in [5.41, 5.74) is 0. The Morgan fingerprint density at radius 1 is 0.571 bits per heavy atom. The minimum Gasteiger partial charge on any atom is -0.454 e. The van der Waals surface area contributed by atoms with Crippen molar-refractivity contribution in [2.45, 2.75) is 262 Å². The Balaban J connectivity index is 2.78. The van der Waals surface area contributed by atoms with Gasteiger partial charge in [0.2, 0.25) is 5.91 Å². The van der Waals surface area contributed by atoms with Gasteiger partial charge in [0.25, 0.3) is 0 Å². The fourth-order valence-corrected chi connectivity index (χ4v) is 8.15. The maximum absolute atomic E-state index is 13.3. The van der Waals surface area contributed by atoms with E-state index in [0.717, 1.165) is 70.6 Å². The Labute approximate surface area is 425 Å². The normalized spacial score (nSPS) is 20.4. The minimum absolute atomic E-state index is 0.00416. The van der Waals surface area contributed by atoms with Crippen LogP contribution >= 0.6 is 0 Å². The molecule has 0 aromatic carbocycles. The molecule has 0 bridgehead atoms. The van der Waals surface area contributed by atoms with Crippen LogP contribution in [-0.2, 0) is 23.8 Å². The number of ether oxygens (including phenoxy) is 3. The smallest absolute Gasteiger partial charge is 0.306 e. The largest absolute Gasteiger partial charge is 0.454 e. The average Bonchev–Trinajstić information content (AvgIpc) is 3.36. The molecule has 0 aromatic heterocycles. The number of hydrogen-bond donors (Lipinski definition) is 6. The van der Waals surface area contributed by atoms with Gasteiger partial charge >= 0.3 is 5.97 Å². The number of carbonyl (C=O) groups excluding carboxylic acids is 2. The van der Waals surface area contributed by atoms with E-state index in [-0.39, 0.29) is 19.4 Å². The summed E-state index contributed by atoms with van der Waals surface area (Å²) in [6, 6.07) is -1.04. The predicted molar refractivity (Wildman–Crippen MR) is 287 cm³/mol. The van der Waals surface area contributed by atoms with Gasteiger partial charge in [-0.15, -0.1) is 0 Å². The van der Waals surface area contributed by atoms with Crippen LogP contribution in [0.15, 0.2) is 85.1 Å². The monoisotopic (exact) mass is 984 g/mol. The van der Waals surface area contributed by atoms with Crippen LogP contribution < -0.4 is 5.32 Å². The molecule has 1 amide bonds. The number of aliphatic hydroxyl groups excluding tert-OH is 5. The topological polar surface area (TPSA) is 175 Å². The Morgan fingerprint density at radius 3 is 1.51 bits per heavy atom. The molecule has 1 saturated heterocycles. The van der Waals surface area contributed by atoms with E-state index in [9.17, 15) is 35.1 Å². The third-order valence-electron chi connectivity index (χ3n) is 12.6. The van der Waals surface area contributed by atoms with Crippen molar-refractivity contribution >= 4 is 11.9 Å². The minimum atomic E-state index is -1.65. The zero-order valence-electron chi connectivity index (χ0n) is 44.1. The molecule has 1 rings (SSSR count). The number of aliphatic hydroxyl groups is 5. The molecular weight excluding hydrogens is 883 g/mol. The Bertz CT molecular complexity index is 1460. The number of hydrogen-bond acceptors (Lipinski definition) is 10. The molecular formula is C59H101NO10. The summed E-state index contributed by atoms with van der Waals surface area (Å²) in [5.74, 6) is -1.29. The molecule has 1 fully saturated rings. The van der Waals surface area contributed by atoms with Crippen molar-refractivity contribution in [1.29, 1.82) is 0 Å². The summed E-state index contributed by atoms with van der Waals surface area (Å²) < 4.78 is 17.5. The first-order valence-electron chi connectivity index (χ1n) is 27.9. The fourth-order valence-electron chi connectivity index (χ4n) is 8.15. The van der Waals surface area contributed by atoms with Gasteiger partial charge in [-0.3, -0.25) is 9.59 Å². The van der Waals surface area contributed by atoms with E-state index in [1.807, 2.05) is 18.2 Å². The summed E-state index contributed by atoms with van der Waals surface area (Å²) in [5, 5.41) is 56.6. The van der Waals surface area contributed by atoms with Crippen LogP contribution in [0, 0.1) is 0 Å². The molecule has 1 aliphatic rings. The maximum Gasteiger partial charge on any atom is 0.306 e. The molecule has 0 spiro atoms. The maximum atomic E-state index is 13.3. The van der Waals surface area contributed by atoms with Gasteiger partial charge in [-0.2, -0.15) is 0 Å². The van der Waals surface area contributed by atoms with Gasteiger partial charge in [-0.05, 0) is 64.2 Å². The number of esters is 1. The van der Waals surface area contributed by atoms with E-state index in [1.165, 1.54) is 89.9 Å². The van der Waals surface area contributed by atoms with Crippen LogP contribution in [0.3, 0.4) is 0 Å². The standard InChI is InChI=1S/C59H101NO10/c1-4-7-10-13-16-19-22-24-25-26-27-28-29-30-32-35-38-41-44-47-54(64)70-57-56(66)55(65)53(48-61)69-59(57)68-49-50(51(62)45-42-39-36-34-31-23-20-17-14-11-8-5-2)60-58(67)52(63)46-43-40-37-33-21-18-15-12-9-6-3/h7,10,16,19,24-25,27-28,30,32,38,41-42,45,50-53,55-57,59,61-63,65-66H,4-6,8-9,11-15,17-18,20-23,26,29,31,33-37,39-40,43-44,46-49H2,1-3H3,(H,60,67)/b10-7-,19-16-,25-24-,28-27-,32-30-,41-38-,45-42+. The third-order valence-corrected chi connectivity index (χ3v) is 12.6. The van der Waals surface area contributed by atoms with Crippen LogP contribution in [-0.4, -0.2) is 99.6 Å². The lowest BCUT2D eigenvalue weighted by Gasteiger charge is -2.41. The summed E-state index contributed by atoms with van der Waals surface area (Å²) >= 11 is 0. The molecule has 8 unspecified atom stereocenters. The van der Waals surface area contributed by atoms with Crippen LogP contribution in [0.25, 0.3) is 0 Å². The van der Waals surface area contributed by atoms with Crippen molar-refractivity contribution in [1.82, 2.24) is 5.32 Å². The van der Waals surface area contributed by atoms with Gasteiger partial charge in [0.15, 0.2) is 12.4 Å². The van der Waals surface area contributed by atoms with E-state index >= 15 is 0 Å². The second-order valence-electron chi connectivity index (χ2n) is 18.9. The zero-order chi connectivity index (χ0) is 51.1. The summed E-state index contributed by atoms with van der Waals surface area (Å²) in [6.45, 7) is 5.59. The number of carbonyl (C=O) groups is 2. The quantitative estimate of drug-likeness (QED) is 0.0196. The van der Waals surface area contributed by atoms with Crippen LogP contribution in [0.2, 0.25) is 0 Å². The lowest BCUT2D eigenvalue weighted by atomic mass is 9.99. The highest BCUT2D eigenvalue weighted by Gasteiger charge is 2.47. The number of amides is 1. The van der Waals surface area contributed by atoms with Crippen molar-refractivity contribution in [2.24, 2.45) is 0 Å². The number of allylic oxidation sites excluding steroid dienone is 13. The first-order chi connectivity index (χ1) is 34.2. The molecule has 8 atom stereocenters. The summed E-state index contributed by atoms with van der Waals surface area (Å²) in [6.07, 6.45) is 49.3. The first kappa shape index (κ1) is 64.9. The van der Waals surface area contributed by atoms with Crippen molar-refractivity contribution in [3.8, 4) is 0 Å².